The number of nitrogens with one attached hydrogen (secondary N) is 1. The van der Waals surface area contributed by atoms with Crippen LogP contribution in [0.3, 0.4) is 0 Å². The van der Waals surface area contributed by atoms with Crippen molar-refractivity contribution in [3.05, 3.63) is 66.0 Å². The van der Waals surface area contributed by atoms with Crippen LogP contribution < -0.4 is 5.32 Å². The van der Waals surface area contributed by atoms with Crippen molar-refractivity contribution < 1.29 is 9.59 Å². The molecule has 0 radical (unpaired) electrons. The first-order valence-corrected chi connectivity index (χ1v) is 8.35. The first-order chi connectivity index (χ1) is 12.2. The third kappa shape index (κ3) is 2.91. The lowest BCUT2D eigenvalue weighted by atomic mass is 9.99. The molecule has 6 nitrogen and oxygen atoms in total. The predicted octanol–water partition coefficient (Wildman–Crippen LogP) is 1.63. The number of aliphatic imine (C=N–C) groups is 1. The van der Waals surface area contributed by atoms with E-state index < -0.39 is 5.66 Å². The summed E-state index contributed by atoms with van der Waals surface area (Å²) in [6.45, 7) is 1.01. The molecular formula is C19H18N4O2. The van der Waals surface area contributed by atoms with Crippen molar-refractivity contribution >= 4 is 17.5 Å². The second-order valence-electron chi connectivity index (χ2n) is 6.36. The molecule has 1 fully saturated rings. The monoisotopic (exact) mass is 334 g/mol. The summed E-state index contributed by atoms with van der Waals surface area (Å²) in [5, 5.41) is 3.00. The number of likely N-dealkylation sites (tertiary alicyclic amines) is 1. The molecule has 2 aromatic rings. The van der Waals surface area contributed by atoms with Crippen molar-refractivity contribution in [2.75, 3.05) is 13.1 Å². The van der Waals surface area contributed by atoms with Gasteiger partial charge in [-0.15, -0.1) is 0 Å². The number of piperidine rings is 1. The van der Waals surface area contributed by atoms with E-state index in [-0.39, 0.29) is 11.8 Å². The molecule has 4 rings (SSSR count). The molecule has 1 unspecified atom stereocenters. The highest BCUT2D eigenvalue weighted by Crippen LogP contribution is 2.28. The Morgan fingerprint density at radius 3 is 2.68 bits per heavy atom. The SMILES string of the molecule is O=C1NC2(CCCN(C(=O)c3ccccn3)C2)N=C1c1ccccc1. The summed E-state index contributed by atoms with van der Waals surface area (Å²) in [6, 6.07) is 14.7. The molecule has 2 amide bonds. The summed E-state index contributed by atoms with van der Waals surface area (Å²) in [6.07, 6.45) is 3.11. The topological polar surface area (TPSA) is 74.7 Å². The van der Waals surface area contributed by atoms with Crippen LogP contribution in [0.25, 0.3) is 0 Å². The number of aromatic nitrogens is 1. The predicted molar refractivity (Wildman–Crippen MR) is 93.2 cm³/mol. The van der Waals surface area contributed by atoms with Gasteiger partial charge < -0.3 is 10.2 Å². The van der Waals surface area contributed by atoms with Gasteiger partial charge in [0.05, 0.1) is 6.54 Å². The zero-order valence-electron chi connectivity index (χ0n) is 13.7. The lowest BCUT2D eigenvalue weighted by molar-refractivity contribution is -0.115. The number of benzene rings is 1. The van der Waals surface area contributed by atoms with Gasteiger partial charge in [0.1, 0.15) is 11.4 Å². The Kier molecular flexibility index (Phi) is 3.80. The maximum Gasteiger partial charge on any atom is 0.272 e. The Morgan fingerprint density at radius 2 is 1.92 bits per heavy atom. The van der Waals surface area contributed by atoms with Crippen LogP contribution in [0.15, 0.2) is 59.7 Å². The molecule has 25 heavy (non-hydrogen) atoms. The minimum Gasteiger partial charge on any atom is -0.333 e. The molecule has 1 saturated heterocycles. The second kappa shape index (κ2) is 6.12. The highest BCUT2D eigenvalue weighted by Gasteiger charge is 2.44. The summed E-state index contributed by atoms with van der Waals surface area (Å²) in [5.41, 5.74) is 0.916. The van der Waals surface area contributed by atoms with E-state index in [1.807, 2.05) is 30.3 Å². The Balaban J connectivity index is 1.60. The Hall–Kier alpha value is -3.02. The van der Waals surface area contributed by atoms with Crippen molar-refractivity contribution in [1.29, 1.82) is 0 Å². The van der Waals surface area contributed by atoms with Crippen LogP contribution >= 0.6 is 0 Å². The molecule has 1 aromatic heterocycles. The molecule has 2 aliphatic rings. The number of carbonyl (C=O) groups is 2. The summed E-state index contributed by atoms with van der Waals surface area (Å²) in [5.74, 6) is -0.310. The highest BCUT2D eigenvalue weighted by atomic mass is 16.2. The van der Waals surface area contributed by atoms with Gasteiger partial charge in [-0.1, -0.05) is 36.4 Å². The number of nitrogens with zero attached hydrogens (tertiary/aromatic N) is 3. The van der Waals surface area contributed by atoms with Crippen LogP contribution in [0.5, 0.6) is 0 Å². The second-order valence-corrected chi connectivity index (χ2v) is 6.36. The number of hydrogen-bond acceptors (Lipinski definition) is 4. The highest BCUT2D eigenvalue weighted by molar-refractivity contribution is 6.46. The summed E-state index contributed by atoms with van der Waals surface area (Å²) < 4.78 is 0. The third-order valence-electron chi connectivity index (χ3n) is 4.58. The molecule has 0 aliphatic carbocycles. The number of hydrogen-bond donors (Lipinski definition) is 1. The summed E-state index contributed by atoms with van der Waals surface area (Å²) in [4.78, 5) is 35.7. The zero-order chi connectivity index (χ0) is 17.3. The standard InChI is InChI=1S/C19H18N4O2/c24-17-16(14-7-2-1-3-8-14)21-19(22-17)10-6-12-23(13-19)18(25)15-9-4-5-11-20-15/h1-5,7-9,11H,6,10,12-13H2,(H,22,24). The lowest BCUT2D eigenvalue weighted by Gasteiger charge is -2.38. The molecule has 2 aliphatic heterocycles. The molecule has 0 saturated carbocycles. The van der Waals surface area contributed by atoms with E-state index in [1.165, 1.54) is 0 Å². The van der Waals surface area contributed by atoms with Gasteiger partial charge in [0, 0.05) is 18.3 Å². The number of pyridine rings is 1. The lowest BCUT2D eigenvalue weighted by Crippen LogP contribution is -2.56. The largest absolute Gasteiger partial charge is 0.333 e. The van der Waals surface area contributed by atoms with Crippen molar-refractivity contribution in [3.63, 3.8) is 0 Å². The first kappa shape index (κ1) is 15.5. The van der Waals surface area contributed by atoms with Crippen LogP contribution in [0.2, 0.25) is 0 Å². The van der Waals surface area contributed by atoms with E-state index in [0.717, 1.165) is 18.4 Å². The van der Waals surface area contributed by atoms with Crippen LogP contribution in [0.1, 0.15) is 28.9 Å². The molecule has 1 atom stereocenters. The summed E-state index contributed by atoms with van der Waals surface area (Å²) in [7, 11) is 0. The fourth-order valence-electron chi connectivity index (χ4n) is 3.41. The molecule has 6 heteroatoms. The van der Waals surface area contributed by atoms with E-state index in [9.17, 15) is 9.59 Å². The quantitative estimate of drug-likeness (QED) is 0.907. The first-order valence-electron chi connectivity index (χ1n) is 8.35. The maximum absolute atomic E-state index is 12.7. The van der Waals surface area contributed by atoms with Crippen LogP contribution in [0.4, 0.5) is 0 Å². The minimum atomic E-state index is -0.731. The number of carbonyl (C=O) groups excluding carboxylic acids is 2. The summed E-state index contributed by atoms with van der Waals surface area (Å²) >= 11 is 0. The van der Waals surface area contributed by atoms with E-state index >= 15 is 0 Å². The van der Waals surface area contributed by atoms with Crippen LogP contribution in [-0.2, 0) is 4.79 Å². The van der Waals surface area contributed by atoms with Gasteiger partial charge in [-0.05, 0) is 25.0 Å². The van der Waals surface area contributed by atoms with Gasteiger partial charge in [-0.2, -0.15) is 0 Å². The van der Waals surface area contributed by atoms with Gasteiger partial charge >= 0.3 is 0 Å². The average Bonchev–Trinajstić information content (AvgIpc) is 2.98. The minimum absolute atomic E-state index is 0.128. The molecule has 1 aromatic carbocycles. The van der Waals surface area contributed by atoms with E-state index in [1.54, 1.807) is 29.3 Å². The number of rotatable bonds is 2. The van der Waals surface area contributed by atoms with Crippen molar-refractivity contribution in [2.45, 2.75) is 18.5 Å². The normalized spacial score (nSPS) is 22.6. The number of amides is 2. The smallest absolute Gasteiger partial charge is 0.272 e. The molecule has 126 valence electrons. The zero-order valence-corrected chi connectivity index (χ0v) is 13.7. The van der Waals surface area contributed by atoms with E-state index in [4.69, 9.17) is 4.99 Å². The molecule has 1 N–H and O–H groups in total. The third-order valence-corrected chi connectivity index (χ3v) is 4.58. The Morgan fingerprint density at radius 1 is 1.12 bits per heavy atom. The van der Waals surface area contributed by atoms with Crippen molar-refractivity contribution in [1.82, 2.24) is 15.2 Å². The van der Waals surface area contributed by atoms with Crippen molar-refractivity contribution in [2.24, 2.45) is 4.99 Å². The van der Waals surface area contributed by atoms with Crippen molar-refractivity contribution in [3.8, 4) is 0 Å². The van der Waals surface area contributed by atoms with Gasteiger partial charge in [0.2, 0.25) is 0 Å². The molecule has 1 spiro atoms. The van der Waals surface area contributed by atoms with Crippen LogP contribution in [0, 0.1) is 0 Å². The fourth-order valence-corrected chi connectivity index (χ4v) is 3.41. The Bertz CT molecular complexity index is 835. The molecule has 0 bridgehead atoms. The average molecular weight is 334 g/mol. The molecular weight excluding hydrogens is 316 g/mol. The van der Waals surface area contributed by atoms with Gasteiger partial charge in [0.25, 0.3) is 11.8 Å². The Labute approximate surface area is 145 Å². The van der Waals surface area contributed by atoms with Gasteiger partial charge in [-0.25, -0.2) is 4.99 Å². The molecule has 3 heterocycles. The fraction of sp³-hybridized carbons (Fsp3) is 0.263. The van der Waals surface area contributed by atoms with Crippen LogP contribution in [-0.4, -0.2) is 46.2 Å². The maximum atomic E-state index is 12.7. The van der Waals surface area contributed by atoms with Gasteiger partial charge in [0.15, 0.2) is 5.66 Å². The van der Waals surface area contributed by atoms with E-state index in [0.29, 0.717) is 24.5 Å². The van der Waals surface area contributed by atoms with Gasteiger partial charge in [-0.3, -0.25) is 14.6 Å². The van der Waals surface area contributed by atoms with E-state index in [2.05, 4.69) is 10.3 Å².